The van der Waals surface area contributed by atoms with Crippen LogP contribution in [0.5, 0.6) is 0 Å². The molecule has 0 saturated carbocycles. The Bertz CT molecular complexity index is 694. The van der Waals surface area contributed by atoms with Crippen LogP contribution in [-0.4, -0.2) is 41.3 Å². The maximum Gasteiger partial charge on any atom is 0.134 e. The van der Waals surface area contributed by atoms with Crippen molar-refractivity contribution in [3.8, 4) is 0 Å². The summed E-state index contributed by atoms with van der Waals surface area (Å²) in [4.78, 5) is 10.7. The molecule has 0 aliphatic carbocycles. The van der Waals surface area contributed by atoms with Gasteiger partial charge in [0.1, 0.15) is 23.8 Å². The van der Waals surface area contributed by atoms with Gasteiger partial charge in [-0.05, 0) is 42.9 Å². The third-order valence-electron chi connectivity index (χ3n) is 4.44. The highest BCUT2D eigenvalue weighted by Crippen LogP contribution is 2.26. The highest BCUT2D eigenvalue weighted by Gasteiger charge is 2.24. The summed E-state index contributed by atoms with van der Waals surface area (Å²) in [5.74, 6) is 1.98. The Balaban J connectivity index is 1.61. The van der Waals surface area contributed by atoms with Crippen molar-refractivity contribution in [3.63, 3.8) is 0 Å². The number of aryl methyl sites for hydroxylation is 1. The Hall–Kier alpha value is -2.21. The number of halogens is 1. The molecule has 1 unspecified atom stereocenters. The number of aliphatic hydroxyl groups is 1. The van der Waals surface area contributed by atoms with E-state index in [4.69, 9.17) is 5.11 Å². The molecule has 0 spiro atoms. The second kappa shape index (κ2) is 7.57. The zero-order chi connectivity index (χ0) is 16.9. The van der Waals surface area contributed by atoms with Crippen molar-refractivity contribution >= 4 is 11.6 Å². The molecule has 2 N–H and O–H groups in total. The molecule has 0 radical (unpaired) electrons. The van der Waals surface area contributed by atoms with Gasteiger partial charge in [0.05, 0.1) is 6.61 Å². The van der Waals surface area contributed by atoms with Crippen molar-refractivity contribution in [2.24, 2.45) is 5.92 Å². The van der Waals surface area contributed by atoms with Crippen LogP contribution in [0.4, 0.5) is 16.0 Å². The lowest BCUT2D eigenvalue weighted by Crippen LogP contribution is -2.21. The van der Waals surface area contributed by atoms with Gasteiger partial charge in [-0.2, -0.15) is 0 Å². The van der Waals surface area contributed by atoms with Crippen LogP contribution in [0.2, 0.25) is 0 Å². The molecule has 1 fully saturated rings. The number of nitrogens with one attached hydrogen (secondary N) is 1. The van der Waals surface area contributed by atoms with Gasteiger partial charge < -0.3 is 15.3 Å². The van der Waals surface area contributed by atoms with E-state index in [0.717, 1.165) is 43.1 Å². The molecule has 6 heteroatoms. The Morgan fingerprint density at radius 2 is 2.21 bits per heavy atom. The summed E-state index contributed by atoms with van der Waals surface area (Å²) in [6.45, 7) is 4.17. The van der Waals surface area contributed by atoms with Crippen molar-refractivity contribution in [1.82, 2.24) is 9.97 Å². The van der Waals surface area contributed by atoms with E-state index in [9.17, 15) is 4.39 Å². The number of benzene rings is 1. The average molecular weight is 330 g/mol. The predicted molar refractivity (Wildman–Crippen MR) is 92.8 cm³/mol. The molecule has 2 aromatic rings. The van der Waals surface area contributed by atoms with Crippen molar-refractivity contribution < 1.29 is 9.50 Å². The summed E-state index contributed by atoms with van der Waals surface area (Å²) in [6, 6.07) is 7.42. The quantitative estimate of drug-likeness (QED) is 0.852. The van der Waals surface area contributed by atoms with Crippen LogP contribution in [0.25, 0.3) is 0 Å². The van der Waals surface area contributed by atoms with Gasteiger partial charge in [-0.3, -0.25) is 0 Å². The summed E-state index contributed by atoms with van der Waals surface area (Å²) >= 11 is 0. The Morgan fingerprint density at radius 1 is 1.33 bits per heavy atom. The van der Waals surface area contributed by atoms with Crippen molar-refractivity contribution in [3.05, 3.63) is 47.5 Å². The molecule has 5 nitrogen and oxygen atoms in total. The lowest BCUT2D eigenvalue weighted by Gasteiger charge is -2.18. The van der Waals surface area contributed by atoms with Gasteiger partial charge in [-0.25, -0.2) is 14.4 Å². The minimum Gasteiger partial charge on any atom is -0.395 e. The first kappa shape index (κ1) is 16.6. The second-order valence-electron chi connectivity index (χ2n) is 6.30. The van der Waals surface area contributed by atoms with E-state index in [2.05, 4.69) is 20.2 Å². The van der Waals surface area contributed by atoms with Crippen molar-refractivity contribution in [1.29, 1.82) is 0 Å². The number of hydrogen-bond donors (Lipinski definition) is 2. The standard InChI is InChI=1S/C18H23FN4O/c1-13-2-3-14(9-16(13)19)8-15-4-6-23(11-15)18-10-17(20-5-7-24)21-12-22-18/h2-3,9-10,12,15,24H,4-8,11H2,1H3,(H,20,21,22). The molecule has 3 rings (SSSR count). The topological polar surface area (TPSA) is 61.3 Å². The monoisotopic (exact) mass is 330 g/mol. The van der Waals surface area contributed by atoms with Crippen LogP contribution in [-0.2, 0) is 6.42 Å². The minimum absolute atomic E-state index is 0.0677. The van der Waals surface area contributed by atoms with Crippen LogP contribution >= 0.6 is 0 Å². The first-order valence-electron chi connectivity index (χ1n) is 8.32. The molecular formula is C18H23FN4O. The molecule has 1 aromatic carbocycles. The normalized spacial score (nSPS) is 17.3. The maximum absolute atomic E-state index is 13.7. The fourth-order valence-corrected chi connectivity index (χ4v) is 3.10. The summed E-state index contributed by atoms with van der Waals surface area (Å²) in [5, 5.41) is 11.9. The molecule has 24 heavy (non-hydrogen) atoms. The third-order valence-corrected chi connectivity index (χ3v) is 4.44. The Labute approximate surface area is 141 Å². The second-order valence-corrected chi connectivity index (χ2v) is 6.30. The van der Waals surface area contributed by atoms with E-state index in [1.165, 1.54) is 6.33 Å². The molecule has 1 aromatic heterocycles. The largest absolute Gasteiger partial charge is 0.395 e. The molecule has 1 atom stereocenters. The number of aliphatic hydroxyl groups excluding tert-OH is 1. The highest BCUT2D eigenvalue weighted by molar-refractivity contribution is 5.49. The van der Waals surface area contributed by atoms with E-state index in [1.54, 1.807) is 13.0 Å². The molecule has 1 aliphatic heterocycles. The summed E-state index contributed by atoms with van der Waals surface area (Å²) < 4.78 is 13.7. The van der Waals surface area contributed by atoms with Crippen molar-refractivity contribution in [2.75, 3.05) is 36.5 Å². The number of anilines is 2. The van der Waals surface area contributed by atoms with Crippen LogP contribution < -0.4 is 10.2 Å². The van der Waals surface area contributed by atoms with Gasteiger partial charge in [-0.15, -0.1) is 0 Å². The fourth-order valence-electron chi connectivity index (χ4n) is 3.10. The summed E-state index contributed by atoms with van der Waals surface area (Å²) in [7, 11) is 0. The van der Waals surface area contributed by atoms with Crippen LogP contribution in [0, 0.1) is 18.7 Å². The minimum atomic E-state index is -0.127. The van der Waals surface area contributed by atoms with Crippen LogP contribution in [0.3, 0.4) is 0 Å². The molecule has 0 bridgehead atoms. The number of hydrogen-bond acceptors (Lipinski definition) is 5. The third kappa shape index (κ3) is 4.00. The summed E-state index contributed by atoms with van der Waals surface area (Å²) in [5.41, 5.74) is 1.74. The lowest BCUT2D eigenvalue weighted by molar-refractivity contribution is 0.311. The number of rotatable bonds is 6. The van der Waals surface area contributed by atoms with Crippen LogP contribution in [0.15, 0.2) is 30.6 Å². The zero-order valence-corrected chi connectivity index (χ0v) is 13.9. The first-order chi connectivity index (χ1) is 11.7. The maximum atomic E-state index is 13.7. The smallest absolute Gasteiger partial charge is 0.134 e. The molecule has 0 amide bonds. The summed E-state index contributed by atoms with van der Waals surface area (Å²) in [6.07, 6.45) is 3.49. The molecule has 1 saturated heterocycles. The van der Waals surface area contributed by atoms with E-state index in [0.29, 0.717) is 18.0 Å². The van der Waals surface area contributed by atoms with E-state index in [1.807, 2.05) is 18.2 Å². The number of nitrogens with zero attached hydrogens (tertiary/aromatic N) is 3. The average Bonchev–Trinajstić information content (AvgIpc) is 3.05. The molecule has 1 aliphatic rings. The fraction of sp³-hybridized carbons (Fsp3) is 0.444. The highest BCUT2D eigenvalue weighted by atomic mass is 19.1. The van der Waals surface area contributed by atoms with E-state index >= 15 is 0 Å². The molecule has 2 heterocycles. The van der Waals surface area contributed by atoms with Crippen molar-refractivity contribution in [2.45, 2.75) is 19.8 Å². The van der Waals surface area contributed by atoms with Gasteiger partial charge in [0.15, 0.2) is 0 Å². The van der Waals surface area contributed by atoms with Gasteiger partial charge in [0, 0.05) is 25.7 Å². The lowest BCUT2D eigenvalue weighted by atomic mass is 9.98. The van der Waals surface area contributed by atoms with Gasteiger partial charge >= 0.3 is 0 Å². The van der Waals surface area contributed by atoms with Gasteiger partial charge in [0.25, 0.3) is 0 Å². The van der Waals surface area contributed by atoms with Gasteiger partial charge in [0.2, 0.25) is 0 Å². The Morgan fingerprint density at radius 3 is 3.00 bits per heavy atom. The molecule has 128 valence electrons. The van der Waals surface area contributed by atoms with Gasteiger partial charge in [-0.1, -0.05) is 12.1 Å². The first-order valence-corrected chi connectivity index (χ1v) is 8.32. The molecular weight excluding hydrogens is 307 g/mol. The van der Waals surface area contributed by atoms with E-state index < -0.39 is 0 Å². The zero-order valence-electron chi connectivity index (χ0n) is 13.9. The predicted octanol–water partition coefficient (Wildman–Crippen LogP) is 2.40. The SMILES string of the molecule is Cc1ccc(CC2CCN(c3cc(NCCO)ncn3)C2)cc1F. The number of aromatic nitrogens is 2. The Kier molecular flexibility index (Phi) is 5.25. The van der Waals surface area contributed by atoms with E-state index in [-0.39, 0.29) is 12.4 Å². The van der Waals surface area contributed by atoms with Crippen LogP contribution in [0.1, 0.15) is 17.5 Å².